The van der Waals surface area contributed by atoms with Gasteiger partial charge in [0.05, 0.1) is 12.8 Å². The van der Waals surface area contributed by atoms with Crippen LogP contribution in [0.1, 0.15) is 22.8 Å². The van der Waals surface area contributed by atoms with E-state index in [1.807, 2.05) is 54.6 Å². The molecule has 2 amide bonds. The molecule has 0 atom stereocenters. The summed E-state index contributed by atoms with van der Waals surface area (Å²) < 4.78 is 5.34. The summed E-state index contributed by atoms with van der Waals surface area (Å²) in [6, 6.07) is 23.9. The van der Waals surface area contributed by atoms with Gasteiger partial charge >= 0.3 is 0 Å². The fourth-order valence-corrected chi connectivity index (χ4v) is 3.50. The molecule has 4 rings (SSSR count). The summed E-state index contributed by atoms with van der Waals surface area (Å²) in [4.78, 5) is 32.8. The molecule has 8 nitrogen and oxygen atoms in total. The molecule has 176 valence electrons. The normalized spacial score (nSPS) is 10.3. The highest BCUT2D eigenvalue weighted by Gasteiger charge is 2.09. The first-order valence-corrected chi connectivity index (χ1v) is 11.0. The van der Waals surface area contributed by atoms with E-state index < -0.39 is 0 Å². The van der Waals surface area contributed by atoms with Crippen LogP contribution >= 0.6 is 0 Å². The van der Waals surface area contributed by atoms with E-state index in [2.05, 4.69) is 25.9 Å². The largest absolute Gasteiger partial charge is 0.496 e. The lowest BCUT2D eigenvalue weighted by atomic mass is 10.1. The summed E-state index contributed by atoms with van der Waals surface area (Å²) in [5.41, 5.74) is 4.42. The molecule has 3 aromatic carbocycles. The van der Waals surface area contributed by atoms with Crippen LogP contribution < -0.4 is 20.7 Å². The molecule has 1 aromatic heterocycles. The van der Waals surface area contributed by atoms with Crippen LogP contribution in [-0.2, 0) is 11.3 Å². The Hall–Kier alpha value is -4.72. The Kier molecular flexibility index (Phi) is 7.32. The number of para-hydroxylation sites is 1. The molecule has 8 heteroatoms. The number of aromatic nitrogens is 2. The first kappa shape index (κ1) is 23.4. The van der Waals surface area contributed by atoms with Crippen molar-refractivity contribution in [2.45, 2.75) is 13.5 Å². The van der Waals surface area contributed by atoms with Gasteiger partial charge in [0, 0.05) is 47.7 Å². The Morgan fingerprint density at radius 3 is 2.49 bits per heavy atom. The van der Waals surface area contributed by atoms with E-state index >= 15 is 0 Å². The second-order valence-corrected chi connectivity index (χ2v) is 7.72. The number of nitrogens with zero attached hydrogens (tertiary/aromatic N) is 2. The summed E-state index contributed by atoms with van der Waals surface area (Å²) in [7, 11) is 1.60. The van der Waals surface area contributed by atoms with Gasteiger partial charge in [-0.3, -0.25) is 9.59 Å². The summed E-state index contributed by atoms with van der Waals surface area (Å²) in [6.07, 6.45) is 1.66. The van der Waals surface area contributed by atoms with Gasteiger partial charge in [0.1, 0.15) is 5.75 Å². The molecule has 35 heavy (non-hydrogen) atoms. The van der Waals surface area contributed by atoms with Gasteiger partial charge in [-0.05, 0) is 42.5 Å². The number of ether oxygens (including phenoxy) is 1. The number of rotatable bonds is 8. The van der Waals surface area contributed by atoms with E-state index in [0.29, 0.717) is 23.7 Å². The minimum atomic E-state index is -0.200. The summed E-state index contributed by atoms with van der Waals surface area (Å²) in [6.45, 7) is 1.82. The van der Waals surface area contributed by atoms with Crippen LogP contribution in [0.3, 0.4) is 0 Å². The topological polar surface area (TPSA) is 105 Å². The fraction of sp³-hybridized carbons (Fsp3) is 0.111. The van der Waals surface area contributed by atoms with Crippen LogP contribution in [0.5, 0.6) is 5.75 Å². The van der Waals surface area contributed by atoms with Crippen LogP contribution in [0.2, 0.25) is 0 Å². The molecule has 0 saturated carbocycles. The summed E-state index contributed by atoms with van der Waals surface area (Å²) in [5, 5.41) is 8.83. The quantitative estimate of drug-likeness (QED) is 0.344. The molecule has 4 aromatic rings. The van der Waals surface area contributed by atoms with Crippen molar-refractivity contribution < 1.29 is 14.3 Å². The van der Waals surface area contributed by atoms with E-state index in [9.17, 15) is 9.59 Å². The van der Waals surface area contributed by atoms with Crippen molar-refractivity contribution >= 4 is 29.1 Å². The average molecular weight is 468 g/mol. The predicted octanol–water partition coefficient (Wildman–Crippen LogP) is 4.78. The van der Waals surface area contributed by atoms with Crippen molar-refractivity contribution in [1.82, 2.24) is 15.3 Å². The average Bonchev–Trinajstić information content (AvgIpc) is 2.88. The van der Waals surface area contributed by atoms with E-state index in [-0.39, 0.29) is 11.8 Å². The van der Waals surface area contributed by atoms with Gasteiger partial charge in [-0.25, -0.2) is 9.97 Å². The number of carbonyl (C=O) groups is 2. The molecule has 0 radical (unpaired) electrons. The molecule has 3 N–H and O–H groups in total. The van der Waals surface area contributed by atoms with Crippen molar-refractivity contribution in [2.24, 2.45) is 0 Å². The molecule has 0 aliphatic carbocycles. The first-order valence-electron chi connectivity index (χ1n) is 11.0. The maximum absolute atomic E-state index is 12.7. The highest BCUT2D eigenvalue weighted by Crippen LogP contribution is 2.22. The van der Waals surface area contributed by atoms with Crippen molar-refractivity contribution in [3.63, 3.8) is 0 Å². The predicted molar refractivity (Wildman–Crippen MR) is 136 cm³/mol. The second kappa shape index (κ2) is 10.9. The number of anilines is 3. The first-order chi connectivity index (χ1) is 17.0. The summed E-state index contributed by atoms with van der Waals surface area (Å²) in [5.74, 6) is 0.806. The zero-order chi connectivity index (χ0) is 24.6. The molecular formula is C27H25N5O3. The number of nitrogens with one attached hydrogen (secondary N) is 3. The minimum absolute atomic E-state index is 0.123. The Morgan fingerprint density at radius 2 is 1.71 bits per heavy atom. The molecule has 0 fully saturated rings. The number of amides is 2. The number of methoxy groups -OCH3 is 1. The van der Waals surface area contributed by atoms with Crippen LogP contribution in [0.25, 0.3) is 11.3 Å². The Balaban J connectivity index is 1.44. The van der Waals surface area contributed by atoms with E-state index in [0.717, 1.165) is 28.3 Å². The monoisotopic (exact) mass is 467 g/mol. The van der Waals surface area contributed by atoms with E-state index in [1.165, 1.54) is 6.92 Å². The van der Waals surface area contributed by atoms with Crippen molar-refractivity contribution in [3.8, 4) is 17.0 Å². The van der Waals surface area contributed by atoms with Crippen molar-refractivity contribution in [3.05, 3.63) is 96.2 Å². The maximum atomic E-state index is 12.7. The van der Waals surface area contributed by atoms with Crippen molar-refractivity contribution in [1.29, 1.82) is 0 Å². The molecule has 0 aliphatic heterocycles. The smallest absolute Gasteiger partial charge is 0.251 e. The third-order valence-electron chi connectivity index (χ3n) is 5.17. The number of benzene rings is 3. The lowest BCUT2D eigenvalue weighted by Gasteiger charge is -2.11. The number of hydrogen-bond donors (Lipinski definition) is 3. The zero-order valence-electron chi connectivity index (χ0n) is 19.4. The van der Waals surface area contributed by atoms with Gasteiger partial charge in [0.2, 0.25) is 11.9 Å². The molecule has 0 unspecified atom stereocenters. The maximum Gasteiger partial charge on any atom is 0.251 e. The van der Waals surface area contributed by atoms with Crippen LogP contribution in [-0.4, -0.2) is 28.9 Å². The van der Waals surface area contributed by atoms with Gasteiger partial charge < -0.3 is 20.7 Å². The molecule has 0 bridgehead atoms. The minimum Gasteiger partial charge on any atom is -0.496 e. The van der Waals surface area contributed by atoms with Gasteiger partial charge in [0.25, 0.3) is 5.91 Å². The number of hydrogen-bond acceptors (Lipinski definition) is 6. The van der Waals surface area contributed by atoms with Gasteiger partial charge in [-0.15, -0.1) is 0 Å². The summed E-state index contributed by atoms with van der Waals surface area (Å²) >= 11 is 0. The molecule has 0 saturated heterocycles. The van der Waals surface area contributed by atoms with Crippen LogP contribution in [0.4, 0.5) is 17.3 Å². The third-order valence-corrected chi connectivity index (χ3v) is 5.17. The molecular weight excluding hydrogens is 442 g/mol. The Morgan fingerprint density at radius 1 is 0.914 bits per heavy atom. The second-order valence-electron chi connectivity index (χ2n) is 7.72. The van der Waals surface area contributed by atoms with Gasteiger partial charge in [-0.2, -0.15) is 0 Å². The highest BCUT2D eigenvalue weighted by molar-refractivity contribution is 5.95. The Bertz CT molecular complexity index is 1340. The van der Waals surface area contributed by atoms with Gasteiger partial charge in [-0.1, -0.05) is 36.4 Å². The molecule has 1 heterocycles. The molecule has 0 spiro atoms. The number of carbonyl (C=O) groups excluding carboxylic acids is 2. The van der Waals surface area contributed by atoms with E-state index in [1.54, 1.807) is 37.6 Å². The SMILES string of the molecule is COc1ccccc1CNC(=O)c1cccc(Nc2nccc(-c3ccc(NC(C)=O)cc3)n2)c1. The van der Waals surface area contributed by atoms with E-state index in [4.69, 9.17) is 4.74 Å². The highest BCUT2D eigenvalue weighted by atomic mass is 16.5. The Labute approximate surface area is 203 Å². The molecule has 0 aliphatic rings. The van der Waals surface area contributed by atoms with Crippen LogP contribution in [0, 0.1) is 0 Å². The van der Waals surface area contributed by atoms with Crippen LogP contribution in [0.15, 0.2) is 85.1 Å². The van der Waals surface area contributed by atoms with Gasteiger partial charge in [0.15, 0.2) is 0 Å². The fourth-order valence-electron chi connectivity index (χ4n) is 3.50. The third kappa shape index (κ3) is 6.20. The zero-order valence-corrected chi connectivity index (χ0v) is 19.4. The van der Waals surface area contributed by atoms with Crippen molar-refractivity contribution in [2.75, 3.05) is 17.7 Å². The lowest BCUT2D eigenvalue weighted by Crippen LogP contribution is -2.23. The standard InChI is InChI=1S/C27H25N5O3/c1-18(33)30-22-12-10-19(11-13-22)24-14-15-28-27(32-24)31-23-8-5-7-20(16-23)26(34)29-17-21-6-3-4-9-25(21)35-2/h3-16H,17H2,1-2H3,(H,29,34)(H,30,33)(H,28,31,32). The lowest BCUT2D eigenvalue weighted by molar-refractivity contribution is -0.114.